The van der Waals surface area contributed by atoms with Gasteiger partial charge in [-0.2, -0.15) is 0 Å². The van der Waals surface area contributed by atoms with Crippen LogP contribution in [0.4, 0.5) is 14.9 Å². The fourth-order valence-electron chi connectivity index (χ4n) is 2.68. The molecule has 3 rings (SSSR count). The molecular formula is C18H18FN3O4. The van der Waals surface area contributed by atoms with E-state index in [2.05, 4.69) is 10.3 Å². The summed E-state index contributed by atoms with van der Waals surface area (Å²) in [6.07, 6.45) is 2.04. The first-order valence-electron chi connectivity index (χ1n) is 8.14. The van der Waals surface area contributed by atoms with E-state index < -0.39 is 23.7 Å². The van der Waals surface area contributed by atoms with Crippen molar-refractivity contribution in [2.75, 3.05) is 18.4 Å². The van der Waals surface area contributed by atoms with Crippen molar-refractivity contribution in [2.45, 2.75) is 13.0 Å². The minimum atomic E-state index is -0.916. The summed E-state index contributed by atoms with van der Waals surface area (Å²) in [5, 5.41) is 11.5. The smallest absolute Gasteiger partial charge is 0.321 e. The third-order valence-corrected chi connectivity index (χ3v) is 4.11. The number of ether oxygens (including phenoxy) is 1. The summed E-state index contributed by atoms with van der Waals surface area (Å²) in [4.78, 5) is 28.6. The van der Waals surface area contributed by atoms with Crippen LogP contribution in [0.2, 0.25) is 0 Å². The minimum absolute atomic E-state index is 0.0563. The molecule has 2 aromatic rings. The maximum absolute atomic E-state index is 14.2. The predicted molar refractivity (Wildman–Crippen MR) is 91.3 cm³/mol. The Bertz CT molecular complexity index is 800. The van der Waals surface area contributed by atoms with E-state index in [0.29, 0.717) is 18.7 Å². The molecule has 0 saturated carbocycles. The summed E-state index contributed by atoms with van der Waals surface area (Å²) >= 11 is 0. The van der Waals surface area contributed by atoms with Gasteiger partial charge in [0.05, 0.1) is 11.6 Å². The number of hydrogen-bond donors (Lipinski definition) is 2. The lowest BCUT2D eigenvalue weighted by molar-refractivity contribution is -0.141. The highest BCUT2D eigenvalue weighted by Crippen LogP contribution is 2.23. The number of carboxylic acid groups (broad SMARTS) is 1. The average molecular weight is 359 g/mol. The van der Waals surface area contributed by atoms with Crippen LogP contribution in [0, 0.1) is 11.7 Å². The summed E-state index contributed by atoms with van der Waals surface area (Å²) < 4.78 is 19.6. The van der Waals surface area contributed by atoms with Crippen molar-refractivity contribution in [1.29, 1.82) is 0 Å². The number of aromatic nitrogens is 1. The molecule has 1 aliphatic rings. The Morgan fingerprint density at radius 3 is 2.85 bits per heavy atom. The zero-order chi connectivity index (χ0) is 18.5. The third-order valence-electron chi connectivity index (χ3n) is 4.11. The first-order valence-corrected chi connectivity index (χ1v) is 8.14. The number of carbonyl (C=O) groups is 2. The molecule has 2 amide bonds. The van der Waals surface area contributed by atoms with Crippen LogP contribution >= 0.6 is 0 Å². The van der Waals surface area contributed by atoms with Crippen LogP contribution in [0.25, 0.3) is 0 Å². The number of aliphatic carboxylic acids is 1. The number of amides is 2. The van der Waals surface area contributed by atoms with E-state index in [4.69, 9.17) is 9.84 Å². The molecule has 1 saturated heterocycles. The molecule has 8 heteroatoms. The highest BCUT2D eigenvalue weighted by Gasteiger charge is 2.30. The summed E-state index contributed by atoms with van der Waals surface area (Å²) in [7, 11) is 0. The van der Waals surface area contributed by atoms with E-state index in [0.717, 1.165) is 6.07 Å². The molecule has 2 heterocycles. The summed E-state index contributed by atoms with van der Waals surface area (Å²) in [6, 6.07) is 9.03. The van der Waals surface area contributed by atoms with Gasteiger partial charge in [0.25, 0.3) is 0 Å². The van der Waals surface area contributed by atoms with Crippen LogP contribution in [0.15, 0.2) is 42.6 Å². The van der Waals surface area contributed by atoms with Crippen LogP contribution in [0.5, 0.6) is 5.75 Å². The Labute approximate surface area is 149 Å². The van der Waals surface area contributed by atoms with Gasteiger partial charge in [0.15, 0.2) is 11.6 Å². The van der Waals surface area contributed by atoms with E-state index in [1.165, 1.54) is 17.0 Å². The van der Waals surface area contributed by atoms with Crippen LogP contribution in [0.1, 0.15) is 12.1 Å². The number of nitrogens with one attached hydrogen (secondary N) is 1. The van der Waals surface area contributed by atoms with Gasteiger partial charge in [-0.05, 0) is 30.7 Å². The normalized spacial score (nSPS) is 16.3. The van der Waals surface area contributed by atoms with Gasteiger partial charge in [-0.3, -0.25) is 9.78 Å². The van der Waals surface area contributed by atoms with Gasteiger partial charge in [0, 0.05) is 31.0 Å². The fourth-order valence-corrected chi connectivity index (χ4v) is 2.68. The number of urea groups is 1. The van der Waals surface area contributed by atoms with E-state index in [1.807, 2.05) is 6.07 Å². The molecule has 1 unspecified atom stereocenters. The highest BCUT2D eigenvalue weighted by atomic mass is 19.1. The number of nitrogens with zero attached hydrogens (tertiary/aromatic N) is 2. The van der Waals surface area contributed by atoms with Gasteiger partial charge < -0.3 is 20.1 Å². The molecule has 0 spiro atoms. The first-order chi connectivity index (χ1) is 12.5. The molecule has 1 aromatic heterocycles. The van der Waals surface area contributed by atoms with Crippen molar-refractivity contribution in [3.05, 3.63) is 54.1 Å². The van der Waals surface area contributed by atoms with Crippen LogP contribution in [-0.2, 0) is 11.4 Å². The topological polar surface area (TPSA) is 91.8 Å². The molecule has 2 N–H and O–H groups in total. The SMILES string of the molecule is O=C(O)C1CCN(C(=O)Nc2ccc(OCc3ccccn3)c(F)c2)C1. The summed E-state index contributed by atoms with van der Waals surface area (Å²) in [6.45, 7) is 0.638. The number of halogens is 1. The standard InChI is InChI=1S/C18H18FN3O4/c19-15-9-13(21-18(25)22-8-6-12(10-22)17(23)24)4-5-16(15)26-11-14-3-1-2-7-20-14/h1-5,7,9,12H,6,8,10-11H2,(H,21,25)(H,23,24). The van der Waals surface area contributed by atoms with Crippen molar-refractivity contribution in [2.24, 2.45) is 5.92 Å². The molecule has 26 heavy (non-hydrogen) atoms. The Hall–Kier alpha value is -3.16. The van der Waals surface area contributed by atoms with Crippen LogP contribution in [-0.4, -0.2) is 40.1 Å². The molecule has 1 fully saturated rings. The van der Waals surface area contributed by atoms with Crippen LogP contribution < -0.4 is 10.1 Å². The molecule has 0 bridgehead atoms. The first kappa shape index (κ1) is 17.7. The predicted octanol–water partition coefficient (Wildman–Crippen LogP) is 2.74. The van der Waals surface area contributed by atoms with E-state index in [-0.39, 0.29) is 24.6 Å². The number of anilines is 1. The van der Waals surface area contributed by atoms with Crippen molar-refractivity contribution in [3.8, 4) is 5.75 Å². The number of hydrogen-bond acceptors (Lipinski definition) is 4. The fraction of sp³-hybridized carbons (Fsp3) is 0.278. The Kier molecular flexibility index (Phi) is 5.31. The quantitative estimate of drug-likeness (QED) is 0.856. The van der Waals surface area contributed by atoms with Crippen LogP contribution in [0.3, 0.4) is 0 Å². The largest absolute Gasteiger partial charge is 0.484 e. The zero-order valence-corrected chi connectivity index (χ0v) is 13.9. The van der Waals surface area contributed by atoms with Gasteiger partial charge in [0.1, 0.15) is 6.61 Å². The molecular weight excluding hydrogens is 341 g/mol. The Morgan fingerprint density at radius 2 is 2.19 bits per heavy atom. The zero-order valence-electron chi connectivity index (χ0n) is 13.9. The van der Waals surface area contributed by atoms with Gasteiger partial charge in [-0.15, -0.1) is 0 Å². The van der Waals surface area contributed by atoms with E-state index in [9.17, 15) is 14.0 Å². The summed E-state index contributed by atoms with van der Waals surface area (Å²) in [5.74, 6) is -2.02. The van der Waals surface area contributed by atoms with Gasteiger partial charge in [-0.25, -0.2) is 9.18 Å². The second-order valence-electron chi connectivity index (χ2n) is 5.95. The minimum Gasteiger partial charge on any atom is -0.484 e. The molecule has 7 nitrogen and oxygen atoms in total. The average Bonchev–Trinajstić information content (AvgIpc) is 3.12. The van der Waals surface area contributed by atoms with Crippen molar-refractivity contribution < 1.29 is 23.8 Å². The number of carboxylic acids is 1. The second-order valence-corrected chi connectivity index (χ2v) is 5.95. The van der Waals surface area contributed by atoms with Gasteiger partial charge >= 0.3 is 12.0 Å². The van der Waals surface area contributed by atoms with Gasteiger partial charge in [0.2, 0.25) is 0 Å². The third kappa shape index (κ3) is 4.27. The highest BCUT2D eigenvalue weighted by molar-refractivity contribution is 5.90. The monoisotopic (exact) mass is 359 g/mol. The maximum atomic E-state index is 14.2. The maximum Gasteiger partial charge on any atom is 0.321 e. The van der Waals surface area contributed by atoms with Gasteiger partial charge in [-0.1, -0.05) is 6.07 Å². The number of pyridine rings is 1. The second kappa shape index (κ2) is 7.81. The molecule has 136 valence electrons. The van der Waals surface area contributed by atoms with E-state index >= 15 is 0 Å². The van der Waals surface area contributed by atoms with Crippen molar-refractivity contribution in [3.63, 3.8) is 0 Å². The number of likely N-dealkylation sites (tertiary alicyclic amines) is 1. The van der Waals surface area contributed by atoms with Crippen molar-refractivity contribution in [1.82, 2.24) is 9.88 Å². The Morgan fingerprint density at radius 1 is 1.35 bits per heavy atom. The molecule has 1 aliphatic heterocycles. The molecule has 1 atom stereocenters. The lowest BCUT2D eigenvalue weighted by atomic mass is 10.1. The number of rotatable bonds is 5. The number of benzene rings is 1. The number of carbonyl (C=O) groups excluding carboxylic acids is 1. The summed E-state index contributed by atoms with van der Waals surface area (Å²) in [5.41, 5.74) is 0.947. The molecule has 0 radical (unpaired) electrons. The molecule has 1 aromatic carbocycles. The van der Waals surface area contributed by atoms with Crippen molar-refractivity contribution >= 4 is 17.7 Å². The Balaban J connectivity index is 1.57. The molecule has 0 aliphatic carbocycles. The lowest BCUT2D eigenvalue weighted by Crippen LogP contribution is -2.33. The van der Waals surface area contributed by atoms with E-state index in [1.54, 1.807) is 18.3 Å². The lowest BCUT2D eigenvalue weighted by Gasteiger charge is -2.17.